The Hall–Kier alpha value is -3.32. The Kier molecular flexibility index (Phi) is 4.53. The molecule has 0 aliphatic heterocycles. The molecule has 4 heterocycles. The number of amides is 1. The fourth-order valence-electron chi connectivity index (χ4n) is 2.61. The quantitative estimate of drug-likeness (QED) is 0.570. The van der Waals surface area contributed by atoms with Gasteiger partial charge in [-0.25, -0.2) is 0 Å². The smallest absolute Gasteiger partial charge is 0.272 e. The van der Waals surface area contributed by atoms with Crippen LogP contribution >= 0.6 is 11.3 Å². The Balaban J connectivity index is 1.49. The van der Waals surface area contributed by atoms with Gasteiger partial charge < -0.3 is 5.32 Å². The van der Waals surface area contributed by atoms with Crippen LogP contribution in [0.2, 0.25) is 0 Å². The number of H-pyrrole nitrogens is 1. The van der Waals surface area contributed by atoms with Crippen LogP contribution in [0.1, 0.15) is 16.1 Å². The number of pyridine rings is 2. The van der Waals surface area contributed by atoms with Crippen molar-refractivity contribution in [2.45, 2.75) is 6.54 Å². The Morgan fingerprint density at radius 2 is 2.08 bits per heavy atom. The minimum absolute atomic E-state index is 0.231. The molecule has 6 nitrogen and oxygen atoms in total. The van der Waals surface area contributed by atoms with E-state index in [1.54, 1.807) is 36.0 Å². The van der Waals surface area contributed by atoms with Gasteiger partial charge in [-0.3, -0.25) is 19.9 Å². The van der Waals surface area contributed by atoms with E-state index in [1.807, 2.05) is 41.8 Å². The van der Waals surface area contributed by atoms with Crippen LogP contribution in [0.15, 0.2) is 66.4 Å². The van der Waals surface area contributed by atoms with Crippen molar-refractivity contribution >= 4 is 17.2 Å². The predicted molar refractivity (Wildman–Crippen MR) is 101 cm³/mol. The van der Waals surface area contributed by atoms with Crippen LogP contribution < -0.4 is 5.32 Å². The normalized spacial score (nSPS) is 10.6. The van der Waals surface area contributed by atoms with Crippen LogP contribution in [0.3, 0.4) is 0 Å². The summed E-state index contributed by atoms with van der Waals surface area (Å²) in [4.78, 5) is 22.0. The predicted octanol–water partition coefficient (Wildman–Crippen LogP) is 3.53. The lowest BCUT2D eigenvalue weighted by Gasteiger charge is -2.09. The van der Waals surface area contributed by atoms with E-state index in [0.717, 1.165) is 27.4 Å². The molecule has 0 aliphatic rings. The van der Waals surface area contributed by atoms with Gasteiger partial charge in [-0.1, -0.05) is 12.1 Å². The van der Waals surface area contributed by atoms with Crippen LogP contribution in [0.4, 0.5) is 0 Å². The first-order valence-electron chi connectivity index (χ1n) is 8.03. The van der Waals surface area contributed by atoms with Crippen molar-refractivity contribution in [2.75, 3.05) is 0 Å². The van der Waals surface area contributed by atoms with Gasteiger partial charge in [-0.2, -0.15) is 5.10 Å². The standard InChI is InChI=1S/C19H15N5OS/c25-19(16-10-15(23-24-16)17-6-3-9-26-17)22-12-14-5-2-8-21-18(14)13-4-1-7-20-11-13/h1-11H,12H2,(H,22,25)(H,23,24). The molecule has 2 N–H and O–H groups in total. The number of nitrogens with zero attached hydrogens (tertiary/aromatic N) is 3. The van der Waals surface area contributed by atoms with Gasteiger partial charge in [0.1, 0.15) is 0 Å². The molecule has 1 amide bonds. The number of carbonyl (C=O) groups is 1. The lowest BCUT2D eigenvalue weighted by Crippen LogP contribution is -2.23. The minimum Gasteiger partial charge on any atom is -0.346 e. The van der Waals surface area contributed by atoms with Gasteiger partial charge in [0, 0.05) is 30.7 Å². The summed E-state index contributed by atoms with van der Waals surface area (Å²) in [6, 6.07) is 13.3. The molecule has 0 fully saturated rings. The van der Waals surface area contributed by atoms with Gasteiger partial charge in [-0.05, 0) is 41.3 Å². The first-order chi connectivity index (χ1) is 12.8. The van der Waals surface area contributed by atoms with Crippen LogP contribution in [-0.2, 0) is 6.54 Å². The molecule has 4 rings (SSSR count). The van der Waals surface area contributed by atoms with E-state index in [9.17, 15) is 4.79 Å². The summed E-state index contributed by atoms with van der Waals surface area (Å²) >= 11 is 1.59. The summed E-state index contributed by atoms with van der Waals surface area (Å²) in [6.45, 7) is 0.359. The summed E-state index contributed by atoms with van der Waals surface area (Å²) in [7, 11) is 0. The average molecular weight is 361 g/mol. The summed E-state index contributed by atoms with van der Waals surface area (Å²) in [5.41, 5.74) is 3.84. The maximum atomic E-state index is 12.4. The van der Waals surface area contributed by atoms with Crippen molar-refractivity contribution in [2.24, 2.45) is 0 Å². The van der Waals surface area contributed by atoms with E-state index in [4.69, 9.17) is 0 Å². The number of aromatic amines is 1. The molecule has 0 aliphatic carbocycles. The molecule has 128 valence electrons. The van der Waals surface area contributed by atoms with Crippen molar-refractivity contribution in [3.05, 3.63) is 77.7 Å². The first kappa shape index (κ1) is 16.2. The third-order valence-electron chi connectivity index (χ3n) is 3.86. The molecule has 0 spiro atoms. The van der Waals surface area contributed by atoms with Crippen LogP contribution in [0.25, 0.3) is 21.8 Å². The summed E-state index contributed by atoms with van der Waals surface area (Å²) < 4.78 is 0. The Bertz CT molecular complexity index is 1010. The number of nitrogens with one attached hydrogen (secondary N) is 2. The highest BCUT2D eigenvalue weighted by Gasteiger charge is 2.13. The summed E-state index contributed by atoms with van der Waals surface area (Å²) in [6.07, 6.45) is 5.21. The zero-order valence-electron chi connectivity index (χ0n) is 13.7. The molecule has 0 saturated carbocycles. The number of rotatable bonds is 5. The third kappa shape index (κ3) is 3.38. The molecule has 4 aromatic rings. The van der Waals surface area contributed by atoms with Crippen LogP contribution in [0.5, 0.6) is 0 Å². The fraction of sp³-hybridized carbons (Fsp3) is 0.0526. The number of thiophene rings is 1. The Labute approximate surface area is 154 Å². The Morgan fingerprint density at radius 1 is 1.15 bits per heavy atom. The van der Waals surface area contributed by atoms with Crippen molar-refractivity contribution in [3.63, 3.8) is 0 Å². The van der Waals surface area contributed by atoms with Crippen molar-refractivity contribution in [3.8, 4) is 21.8 Å². The van der Waals surface area contributed by atoms with Gasteiger partial charge in [0.15, 0.2) is 5.69 Å². The minimum atomic E-state index is -0.231. The molecule has 7 heteroatoms. The van der Waals surface area contributed by atoms with E-state index >= 15 is 0 Å². The van der Waals surface area contributed by atoms with Gasteiger partial charge in [0.05, 0.1) is 16.3 Å². The first-order valence-corrected chi connectivity index (χ1v) is 8.91. The van der Waals surface area contributed by atoms with Crippen molar-refractivity contribution < 1.29 is 4.79 Å². The van der Waals surface area contributed by atoms with E-state index in [2.05, 4.69) is 25.5 Å². The molecule has 0 aromatic carbocycles. The van der Waals surface area contributed by atoms with Crippen LogP contribution in [-0.4, -0.2) is 26.1 Å². The number of hydrogen-bond donors (Lipinski definition) is 2. The largest absolute Gasteiger partial charge is 0.346 e. The number of aromatic nitrogens is 4. The third-order valence-corrected chi connectivity index (χ3v) is 4.77. The second kappa shape index (κ2) is 7.28. The van der Waals surface area contributed by atoms with Gasteiger partial charge in [-0.15, -0.1) is 11.3 Å². The average Bonchev–Trinajstić information content (AvgIpc) is 3.38. The second-order valence-electron chi connectivity index (χ2n) is 5.58. The van der Waals surface area contributed by atoms with Gasteiger partial charge >= 0.3 is 0 Å². The topological polar surface area (TPSA) is 83.6 Å². The molecule has 0 radical (unpaired) electrons. The summed E-state index contributed by atoms with van der Waals surface area (Å²) in [5, 5.41) is 11.9. The highest BCUT2D eigenvalue weighted by atomic mass is 32.1. The summed E-state index contributed by atoms with van der Waals surface area (Å²) in [5.74, 6) is -0.231. The van der Waals surface area contributed by atoms with E-state index in [0.29, 0.717) is 12.2 Å². The molecular formula is C19H15N5OS. The second-order valence-corrected chi connectivity index (χ2v) is 6.53. The monoisotopic (exact) mass is 361 g/mol. The number of hydrogen-bond acceptors (Lipinski definition) is 5. The molecule has 26 heavy (non-hydrogen) atoms. The van der Waals surface area contributed by atoms with Gasteiger partial charge in [0.2, 0.25) is 0 Å². The molecule has 0 unspecified atom stereocenters. The van der Waals surface area contributed by atoms with Crippen molar-refractivity contribution in [1.29, 1.82) is 0 Å². The molecule has 0 saturated heterocycles. The SMILES string of the molecule is O=C(NCc1cccnc1-c1cccnc1)c1cc(-c2cccs2)[nH]n1. The molecular weight excluding hydrogens is 346 g/mol. The maximum absolute atomic E-state index is 12.4. The van der Waals surface area contributed by atoms with Crippen LogP contribution in [0, 0.1) is 0 Å². The Morgan fingerprint density at radius 3 is 2.88 bits per heavy atom. The molecule has 0 bridgehead atoms. The lowest BCUT2D eigenvalue weighted by molar-refractivity contribution is 0.0946. The highest BCUT2D eigenvalue weighted by Crippen LogP contribution is 2.23. The van der Waals surface area contributed by atoms with E-state index in [-0.39, 0.29) is 5.91 Å². The van der Waals surface area contributed by atoms with E-state index < -0.39 is 0 Å². The highest BCUT2D eigenvalue weighted by molar-refractivity contribution is 7.13. The zero-order valence-corrected chi connectivity index (χ0v) is 14.5. The lowest BCUT2D eigenvalue weighted by atomic mass is 10.1. The van der Waals surface area contributed by atoms with E-state index in [1.165, 1.54) is 0 Å². The number of carbonyl (C=O) groups excluding carboxylic acids is 1. The van der Waals surface area contributed by atoms with Gasteiger partial charge in [0.25, 0.3) is 5.91 Å². The zero-order chi connectivity index (χ0) is 17.8. The molecule has 4 aromatic heterocycles. The fourth-order valence-corrected chi connectivity index (χ4v) is 3.30. The molecule has 0 atom stereocenters. The maximum Gasteiger partial charge on any atom is 0.272 e. The van der Waals surface area contributed by atoms with Crippen molar-refractivity contribution in [1.82, 2.24) is 25.5 Å².